The third kappa shape index (κ3) is 17.1. The maximum Gasteiger partial charge on any atom is 0.230 e. The lowest BCUT2D eigenvalue weighted by atomic mass is 10.0. The van der Waals surface area contributed by atoms with Gasteiger partial charge in [0.05, 0.1) is 17.1 Å². The average molecular weight is 527 g/mol. The number of rotatable bonds is 17. The van der Waals surface area contributed by atoms with Crippen LogP contribution in [0.1, 0.15) is 65.9 Å². The number of unbranched alkanes of at least 4 members (excludes halogenated alkanes) is 1. The molecule has 0 saturated heterocycles. The first-order valence-corrected chi connectivity index (χ1v) is 14.0. The summed E-state index contributed by atoms with van der Waals surface area (Å²) in [7, 11) is 0. The van der Waals surface area contributed by atoms with Gasteiger partial charge in [-0.15, -0.1) is 11.8 Å². The van der Waals surface area contributed by atoms with Crippen molar-refractivity contribution in [1.82, 2.24) is 10.6 Å². The number of anilines is 1. The van der Waals surface area contributed by atoms with Crippen molar-refractivity contribution in [1.29, 1.82) is 0 Å². The summed E-state index contributed by atoms with van der Waals surface area (Å²) < 4.78 is 0. The first-order valence-electron chi connectivity index (χ1n) is 12.9. The zero-order valence-electron chi connectivity index (χ0n) is 23.3. The molecule has 2 amide bonds. The Morgan fingerprint density at radius 2 is 1.89 bits per heavy atom. The zero-order valence-corrected chi connectivity index (χ0v) is 24.1. The molecule has 37 heavy (non-hydrogen) atoms. The molecule has 0 heterocycles. The van der Waals surface area contributed by atoms with Crippen molar-refractivity contribution in [2.75, 3.05) is 11.1 Å². The van der Waals surface area contributed by atoms with Crippen LogP contribution < -0.4 is 16.0 Å². The Balaban J connectivity index is 0.00000139. The number of thioether (sulfide) groups is 1. The van der Waals surface area contributed by atoms with Crippen molar-refractivity contribution >= 4 is 36.5 Å². The van der Waals surface area contributed by atoms with Crippen molar-refractivity contribution in [3.8, 4) is 0 Å². The van der Waals surface area contributed by atoms with Gasteiger partial charge in [0.25, 0.3) is 0 Å². The maximum absolute atomic E-state index is 11.9. The van der Waals surface area contributed by atoms with Gasteiger partial charge < -0.3 is 16.0 Å². The second kappa shape index (κ2) is 22.2. The largest absolute Gasteiger partial charge is 0.379 e. The molecule has 0 bridgehead atoms. The van der Waals surface area contributed by atoms with Crippen molar-refractivity contribution in [2.45, 2.75) is 72.9 Å². The van der Waals surface area contributed by atoms with Crippen LogP contribution >= 0.6 is 11.8 Å². The number of nitrogens with one attached hydrogen (secondary N) is 3. The molecular weight excluding hydrogens is 480 g/mol. The molecule has 0 saturated carbocycles. The molecule has 0 radical (unpaired) electrons. The van der Waals surface area contributed by atoms with E-state index in [1.165, 1.54) is 37.4 Å². The van der Waals surface area contributed by atoms with Gasteiger partial charge >= 0.3 is 0 Å². The van der Waals surface area contributed by atoms with Crippen molar-refractivity contribution in [3.05, 3.63) is 77.5 Å². The lowest BCUT2D eigenvalue weighted by molar-refractivity contribution is -0.118. The van der Waals surface area contributed by atoms with Gasteiger partial charge in [0, 0.05) is 18.3 Å². The zero-order chi connectivity index (χ0) is 27.9. The monoisotopic (exact) mass is 526 g/mol. The Morgan fingerprint density at radius 3 is 2.43 bits per heavy atom. The van der Waals surface area contributed by atoms with Crippen molar-refractivity contribution in [3.63, 3.8) is 0 Å². The molecule has 2 atom stereocenters. The highest BCUT2D eigenvalue weighted by molar-refractivity contribution is 8.02. The summed E-state index contributed by atoms with van der Waals surface area (Å²) in [5, 5.41) is 10.7. The van der Waals surface area contributed by atoms with Gasteiger partial charge in [0.2, 0.25) is 12.3 Å². The number of benzene rings is 1. The third-order valence-electron chi connectivity index (χ3n) is 5.44. The summed E-state index contributed by atoms with van der Waals surface area (Å²) in [6, 6.07) is 7.35. The van der Waals surface area contributed by atoms with Crippen LogP contribution in [0.4, 0.5) is 5.69 Å². The molecule has 1 aromatic carbocycles. The normalized spacial score (nSPS) is 13.1. The molecular formula is C30H46N4O2S. The topological polar surface area (TPSA) is 82.6 Å². The van der Waals surface area contributed by atoms with Crippen LogP contribution in [0.3, 0.4) is 0 Å². The van der Waals surface area contributed by atoms with E-state index in [0.717, 1.165) is 22.9 Å². The molecule has 0 aliphatic heterocycles. The number of aliphatic imine (C=N–C) groups is 1. The summed E-state index contributed by atoms with van der Waals surface area (Å²) >= 11 is 1.45. The molecule has 0 aliphatic rings. The standard InChI is InChI=1S/C22H28N4O2S.C8H18/c1-5-13-29-15-22(28)26-17(3)7-12-21(20(6-2)23-4)24-14-18-8-10-19(11-9-18)25-16-27;1-4-6-7-8(3)5-2/h5-13,16-17,24H,2,4,14-15H2,1,3H3,(H,25,27)(H,26,28);8H,4-7H2,1-3H3/b12-7-,13-5-,21-20-;. The number of carbonyl (C=O) groups is 2. The van der Waals surface area contributed by atoms with Crippen molar-refractivity contribution in [2.24, 2.45) is 10.9 Å². The third-order valence-corrected chi connectivity index (χ3v) is 6.33. The molecule has 1 aromatic rings. The number of nitrogens with zero attached hydrogens (tertiary/aromatic N) is 1. The molecule has 2 unspecified atom stereocenters. The summed E-state index contributed by atoms with van der Waals surface area (Å²) in [6.07, 6.45) is 13.4. The van der Waals surface area contributed by atoms with Crippen LogP contribution in [0, 0.1) is 5.92 Å². The fourth-order valence-electron chi connectivity index (χ4n) is 3.04. The van der Waals surface area contributed by atoms with E-state index in [2.05, 4.69) is 55.0 Å². The first-order chi connectivity index (χ1) is 17.8. The minimum absolute atomic E-state index is 0.0291. The first kappa shape index (κ1) is 33.9. The van der Waals surface area contributed by atoms with Crippen LogP contribution in [0.15, 0.2) is 76.9 Å². The predicted molar refractivity (Wildman–Crippen MR) is 163 cm³/mol. The van der Waals surface area contributed by atoms with E-state index in [4.69, 9.17) is 0 Å². The van der Waals surface area contributed by atoms with E-state index in [9.17, 15) is 9.59 Å². The van der Waals surface area contributed by atoms with Gasteiger partial charge in [-0.25, -0.2) is 0 Å². The average Bonchev–Trinajstić information content (AvgIpc) is 2.90. The van der Waals surface area contributed by atoms with Crippen LogP contribution in [0.5, 0.6) is 0 Å². The number of amides is 2. The number of hydrogen-bond acceptors (Lipinski definition) is 5. The predicted octanol–water partition coefficient (Wildman–Crippen LogP) is 6.99. The number of hydrogen-bond donors (Lipinski definition) is 3. The minimum Gasteiger partial charge on any atom is -0.379 e. The molecule has 7 heteroatoms. The Morgan fingerprint density at radius 1 is 1.19 bits per heavy atom. The van der Waals surface area contributed by atoms with E-state index in [-0.39, 0.29) is 11.9 Å². The van der Waals surface area contributed by atoms with E-state index in [0.29, 0.717) is 24.4 Å². The van der Waals surface area contributed by atoms with E-state index in [1.54, 1.807) is 6.08 Å². The molecule has 3 N–H and O–H groups in total. The summed E-state index contributed by atoms with van der Waals surface area (Å²) in [4.78, 5) is 26.4. The van der Waals surface area contributed by atoms with Gasteiger partial charge in [-0.1, -0.05) is 77.3 Å². The summed E-state index contributed by atoms with van der Waals surface area (Å²) in [5.74, 6) is 1.30. The van der Waals surface area contributed by atoms with Gasteiger partial charge in [0.15, 0.2) is 0 Å². The lowest BCUT2D eigenvalue weighted by Gasteiger charge is -2.12. The molecule has 0 aromatic heterocycles. The van der Waals surface area contributed by atoms with Crippen LogP contribution in [0.2, 0.25) is 0 Å². The molecule has 6 nitrogen and oxygen atoms in total. The van der Waals surface area contributed by atoms with Gasteiger partial charge in [-0.2, -0.15) is 0 Å². The highest BCUT2D eigenvalue weighted by Crippen LogP contribution is 2.12. The summed E-state index contributed by atoms with van der Waals surface area (Å²) in [6.45, 7) is 18.6. The van der Waals surface area contributed by atoms with Gasteiger partial charge in [0.1, 0.15) is 0 Å². The van der Waals surface area contributed by atoms with E-state index < -0.39 is 0 Å². The van der Waals surface area contributed by atoms with Crippen molar-refractivity contribution < 1.29 is 9.59 Å². The molecule has 1 rings (SSSR count). The lowest BCUT2D eigenvalue weighted by Crippen LogP contribution is -2.32. The molecule has 204 valence electrons. The number of carbonyl (C=O) groups excluding carboxylic acids is 2. The second-order valence-electron chi connectivity index (χ2n) is 8.63. The molecule has 0 aliphatic carbocycles. The SMILES string of the molecule is C=C/C(N=C)=C(\C=C/C(C)NC(=O)CS/C=C\C)NCc1ccc(NC=O)cc1.CCCCC(C)CC. The molecule has 0 fully saturated rings. The quantitative estimate of drug-likeness (QED) is 0.116. The minimum atomic E-state index is -0.143. The summed E-state index contributed by atoms with van der Waals surface area (Å²) in [5.41, 5.74) is 3.12. The highest BCUT2D eigenvalue weighted by Gasteiger charge is 2.05. The Bertz CT molecular complexity index is 881. The Labute approximate surface area is 228 Å². The Hall–Kier alpha value is -3.06. The van der Waals surface area contributed by atoms with Crippen LogP contribution in [-0.2, 0) is 16.1 Å². The fourth-order valence-corrected chi connectivity index (χ4v) is 3.56. The van der Waals surface area contributed by atoms with E-state index >= 15 is 0 Å². The van der Waals surface area contributed by atoms with E-state index in [1.807, 2.05) is 61.7 Å². The molecule has 0 spiro atoms. The van der Waals surface area contributed by atoms with Gasteiger partial charge in [-0.3, -0.25) is 14.6 Å². The Kier molecular flexibility index (Phi) is 20.3. The maximum atomic E-state index is 11.9. The smallest absolute Gasteiger partial charge is 0.230 e. The second-order valence-corrected chi connectivity index (χ2v) is 9.52. The highest BCUT2D eigenvalue weighted by atomic mass is 32.2. The fraction of sp³-hybridized carbons (Fsp3) is 0.433. The van der Waals surface area contributed by atoms with Crippen LogP contribution in [0.25, 0.3) is 0 Å². The van der Waals surface area contributed by atoms with Crippen LogP contribution in [-0.4, -0.2) is 30.8 Å². The van der Waals surface area contributed by atoms with Gasteiger partial charge in [-0.05, 0) is 61.7 Å². The number of allylic oxidation sites excluding steroid dienone is 3.